The molecular formula is C25H19ClN6O3S2. The molecule has 12 heteroatoms. The third kappa shape index (κ3) is 5.70. The second kappa shape index (κ2) is 10.1. The van der Waals surface area contributed by atoms with Crippen molar-refractivity contribution in [2.24, 2.45) is 10.1 Å². The van der Waals surface area contributed by atoms with Crippen molar-refractivity contribution < 1.29 is 13.2 Å². The Morgan fingerprint density at radius 1 is 0.973 bits per heavy atom. The quantitative estimate of drug-likeness (QED) is 0.282. The number of halogens is 1. The number of nitrogens with zero attached hydrogens (tertiary/aromatic N) is 3. The number of hydrazine groups is 1. The number of sulfonamides is 1. The Labute approximate surface area is 222 Å². The number of nitrogens with two attached hydrogens (primary N) is 1. The molecule has 0 atom stereocenters. The molecule has 9 nitrogen and oxygen atoms in total. The topological polar surface area (TPSA) is 130 Å². The Balaban J connectivity index is 1.39. The number of carbonyl (C=O) groups is 1. The SMILES string of the molecule is NS(=O)(=O)c1ccc(Nc2nc(NN3C(=O)/C(=C/c4ccccc4)N=C3c3ccc(Cl)cc3)cs2)cc1. The number of nitrogens with one attached hydrogen (secondary N) is 2. The lowest BCUT2D eigenvalue weighted by Crippen LogP contribution is -2.38. The molecule has 2 heterocycles. The van der Waals surface area contributed by atoms with Crippen LogP contribution in [0.1, 0.15) is 11.1 Å². The lowest BCUT2D eigenvalue weighted by Gasteiger charge is -2.18. The van der Waals surface area contributed by atoms with Gasteiger partial charge in [-0.05, 0) is 60.2 Å². The fraction of sp³-hybridized carbons (Fsp3) is 0. The zero-order chi connectivity index (χ0) is 26.0. The molecule has 4 aromatic rings. The molecule has 1 aliphatic rings. The Morgan fingerprint density at radius 3 is 2.35 bits per heavy atom. The summed E-state index contributed by atoms with van der Waals surface area (Å²) in [4.78, 5) is 22.4. The van der Waals surface area contributed by atoms with Gasteiger partial charge in [-0.25, -0.2) is 23.5 Å². The second-order valence-electron chi connectivity index (χ2n) is 7.87. The van der Waals surface area contributed by atoms with Gasteiger partial charge in [0.05, 0.1) is 4.90 Å². The number of amidine groups is 1. The molecule has 0 aliphatic carbocycles. The van der Waals surface area contributed by atoms with Crippen molar-refractivity contribution in [1.82, 2.24) is 9.99 Å². The molecule has 0 spiro atoms. The van der Waals surface area contributed by atoms with E-state index in [0.29, 0.717) is 33.1 Å². The number of anilines is 3. The molecule has 0 bridgehead atoms. The van der Waals surface area contributed by atoms with E-state index in [0.717, 1.165) is 5.56 Å². The highest BCUT2D eigenvalue weighted by Crippen LogP contribution is 2.27. The number of amides is 1. The number of aliphatic imine (C=N–C) groups is 1. The number of rotatable bonds is 7. The standard InChI is InChI=1S/C25H19ClN6O3S2/c26-18-8-6-17(7-9-18)23-29-21(14-16-4-2-1-3-5-16)24(33)32(23)31-22-15-36-25(30-22)28-19-10-12-20(13-11-19)37(27,34)35/h1-15,31H,(H,28,30)(H2,27,34,35)/b21-14-. The molecular weight excluding hydrogens is 532 g/mol. The minimum Gasteiger partial charge on any atom is -0.331 e. The van der Waals surface area contributed by atoms with E-state index in [2.05, 4.69) is 20.7 Å². The Bertz CT molecular complexity index is 1620. The van der Waals surface area contributed by atoms with Gasteiger partial charge in [0.15, 0.2) is 16.8 Å². The minimum absolute atomic E-state index is 0.0143. The third-order valence-electron chi connectivity index (χ3n) is 5.23. The van der Waals surface area contributed by atoms with Gasteiger partial charge in [-0.3, -0.25) is 10.2 Å². The first-order valence-electron chi connectivity index (χ1n) is 10.8. The summed E-state index contributed by atoms with van der Waals surface area (Å²) in [6, 6.07) is 22.5. The van der Waals surface area contributed by atoms with E-state index in [1.807, 2.05) is 30.3 Å². The first-order valence-corrected chi connectivity index (χ1v) is 13.6. The summed E-state index contributed by atoms with van der Waals surface area (Å²) in [7, 11) is -3.77. The van der Waals surface area contributed by atoms with Crippen LogP contribution in [0.25, 0.3) is 6.08 Å². The largest absolute Gasteiger partial charge is 0.331 e. The van der Waals surface area contributed by atoms with Crippen LogP contribution in [0.5, 0.6) is 0 Å². The Kier molecular flexibility index (Phi) is 6.76. The molecule has 5 rings (SSSR count). The van der Waals surface area contributed by atoms with E-state index in [-0.39, 0.29) is 16.5 Å². The lowest BCUT2D eigenvalue weighted by molar-refractivity contribution is -0.121. The van der Waals surface area contributed by atoms with Gasteiger partial charge in [0, 0.05) is 21.7 Å². The molecule has 0 fully saturated rings. The van der Waals surface area contributed by atoms with Crippen LogP contribution in [0.15, 0.2) is 99.8 Å². The summed E-state index contributed by atoms with van der Waals surface area (Å²) < 4.78 is 22.9. The van der Waals surface area contributed by atoms with Crippen molar-refractivity contribution in [3.05, 3.63) is 106 Å². The van der Waals surface area contributed by atoms with Crippen molar-refractivity contribution in [3.8, 4) is 0 Å². The molecule has 0 saturated carbocycles. The molecule has 186 valence electrons. The average Bonchev–Trinajstić information content (AvgIpc) is 3.44. The summed E-state index contributed by atoms with van der Waals surface area (Å²) >= 11 is 7.35. The molecule has 3 aromatic carbocycles. The van der Waals surface area contributed by atoms with Crippen LogP contribution < -0.4 is 15.9 Å². The molecule has 1 aromatic heterocycles. The monoisotopic (exact) mass is 550 g/mol. The maximum absolute atomic E-state index is 13.3. The number of hydrogen-bond acceptors (Lipinski definition) is 8. The van der Waals surface area contributed by atoms with Crippen LogP contribution in [0.2, 0.25) is 5.02 Å². The van der Waals surface area contributed by atoms with Crippen molar-refractivity contribution in [1.29, 1.82) is 0 Å². The van der Waals surface area contributed by atoms with Crippen molar-refractivity contribution in [2.45, 2.75) is 4.90 Å². The van der Waals surface area contributed by atoms with Gasteiger partial charge in [0.2, 0.25) is 10.0 Å². The zero-order valence-electron chi connectivity index (χ0n) is 19.0. The summed E-state index contributed by atoms with van der Waals surface area (Å²) in [6.07, 6.45) is 1.72. The van der Waals surface area contributed by atoms with Crippen molar-refractivity contribution in [2.75, 3.05) is 10.7 Å². The van der Waals surface area contributed by atoms with Gasteiger partial charge in [0.25, 0.3) is 5.91 Å². The third-order valence-corrected chi connectivity index (χ3v) is 7.17. The summed E-state index contributed by atoms with van der Waals surface area (Å²) in [5.41, 5.74) is 5.49. The Morgan fingerprint density at radius 2 is 1.68 bits per heavy atom. The molecule has 0 radical (unpaired) electrons. The number of hydrogen-bond donors (Lipinski definition) is 3. The van der Waals surface area contributed by atoms with E-state index in [1.54, 1.807) is 47.9 Å². The van der Waals surface area contributed by atoms with Gasteiger partial charge in [0.1, 0.15) is 5.70 Å². The summed E-state index contributed by atoms with van der Waals surface area (Å²) in [5, 5.41) is 12.4. The minimum atomic E-state index is -3.77. The van der Waals surface area contributed by atoms with Crippen LogP contribution in [0.3, 0.4) is 0 Å². The Hall–Kier alpha value is -4.03. The fourth-order valence-corrected chi connectivity index (χ4v) is 4.77. The van der Waals surface area contributed by atoms with E-state index in [4.69, 9.17) is 16.7 Å². The van der Waals surface area contributed by atoms with Gasteiger partial charge in [-0.1, -0.05) is 41.9 Å². The summed E-state index contributed by atoms with van der Waals surface area (Å²) in [5.74, 6) is 0.490. The van der Waals surface area contributed by atoms with E-state index in [1.165, 1.54) is 28.5 Å². The van der Waals surface area contributed by atoms with E-state index in [9.17, 15) is 13.2 Å². The fourth-order valence-electron chi connectivity index (χ4n) is 3.47. The average molecular weight is 551 g/mol. The number of thiazole rings is 1. The summed E-state index contributed by atoms with van der Waals surface area (Å²) in [6.45, 7) is 0. The molecule has 4 N–H and O–H groups in total. The molecule has 1 aliphatic heterocycles. The van der Waals surface area contributed by atoms with Crippen molar-refractivity contribution >= 4 is 67.4 Å². The van der Waals surface area contributed by atoms with Crippen LogP contribution in [0.4, 0.5) is 16.6 Å². The highest BCUT2D eigenvalue weighted by molar-refractivity contribution is 7.89. The molecule has 1 amide bonds. The molecule has 37 heavy (non-hydrogen) atoms. The zero-order valence-corrected chi connectivity index (χ0v) is 21.4. The van der Waals surface area contributed by atoms with Crippen LogP contribution in [0, 0.1) is 0 Å². The lowest BCUT2D eigenvalue weighted by atomic mass is 10.2. The van der Waals surface area contributed by atoms with Gasteiger partial charge in [-0.15, -0.1) is 11.3 Å². The van der Waals surface area contributed by atoms with Gasteiger partial charge in [-0.2, -0.15) is 5.01 Å². The predicted molar refractivity (Wildman–Crippen MR) is 146 cm³/mol. The predicted octanol–water partition coefficient (Wildman–Crippen LogP) is 4.84. The number of benzene rings is 3. The first-order chi connectivity index (χ1) is 17.8. The molecule has 0 unspecified atom stereocenters. The number of carbonyl (C=O) groups excluding carboxylic acids is 1. The first kappa shape index (κ1) is 24.7. The molecule has 0 saturated heterocycles. The number of primary sulfonamides is 1. The smallest absolute Gasteiger partial charge is 0.297 e. The number of aromatic nitrogens is 1. The van der Waals surface area contributed by atoms with Gasteiger partial charge < -0.3 is 5.32 Å². The van der Waals surface area contributed by atoms with E-state index < -0.39 is 10.0 Å². The second-order valence-corrected chi connectivity index (χ2v) is 10.7. The van der Waals surface area contributed by atoms with Crippen molar-refractivity contribution in [3.63, 3.8) is 0 Å². The highest BCUT2D eigenvalue weighted by Gasteiger charge is 2.32. The highest BCUT2D eigenvalue weighted by atomic mass is 35.5. The van der Waals surface area contributed by atoms with Crippen LogP contribution in [-0.4, -0.2) is 30.2 Å². The van der Waals surface area contributed by atoms with Crippen LogP contribution in [-0.2, 0) is 14.8 Å². The maximum Gasteiger partial charge on any atom is 0.297 e. The van der Waals surface area contributed by atoms with E-state index >= 15 is 0 Å². The van der Waals surface area contributed by atoms with Gasteiger partial charge >= 0.3 is 0 Å². The normalized spacial score (nSPS) is 14.6. The maximum atomic E-state index is 13.3. The van der Waals surface area contributed by atoms with Crippen LogP contribution >= 0.6 is 22.9 Å².